The predicted molar refractivity (Wildman–Crippen MR) is 180 cm³/mol. The summed E-state index contributed by atoms with van der Waals surface area (Å²) in [5.74, 6) is 0.479. The maximum absolute atomic E-state index is 14.4. The molecular weight excluding hydrogens is 596 g/mol. The first-order chi connectivity index (χ1) is 22.4. The predicted octanol–water partition coefficient (Wildman–Crippen LogP) is 4.22. The van der Waals surface area contributed by atoms with E-state index in [0.717, 1.165) is 29.3 Å². The number of amides is 1. The number of piperidine rings is 1. The number of pyridine rings is 1. The van der Waals surface area contributed by atoms with Crippen molar-refractivity contribution in [3.8, 4) is 6.07 Å². The molecule has 1 aliphatic rings. The minimum Gasteiger partial charge on any atom is -0.444 e. The van der Waals surface area contributed by atoms with Gasteiger partial charge in [0.2, 0.25) is 5.95 Å². The smallest absolute Gasteiger partial charge is 0.407 e. The number of nitriles is 1. The Morgan fingerprint density at radius 1 is 1.06 bits per heavy atom. The van der Waals surface area contributed by atoms with Crippen LogP contribution in [0.1, 0.15) is 56.1 Å². The molecule has 47 heavy (non-hydrogen) atoms. The molecule has 0 saturated carbocycles. The number of benzene rings is 2. The number of carbonyl (C=O) groups is 1. The lowest BCUT2D eigenvalue weighted by Crippen LogP contribution is -2.49. The quantitative estimate of drug-likeness (QED) is 0.293. The molecule has 4 heterocycles. The normalized spacial score (nSPS) is 15.1. The van der Waals surface area contributed by atoms with Gasteiger partial charge in [-0.15, -0.1) is 0 Å². The topological polar surface area (TPSA) is 140 Å². The molecule has 1 atom stereocenters. The number of alkyl carbamates (subject to hydrolysis) is 1. The van der Waals surface area contributed by atoms with Gasteiger partial charge in [0.05, 0.1) is 30.4 Å². The van der Waals surface area contributed by atoms with Crippen molar-refractivity contribution in [1.82, 2.24) is 29.0 Å². The van der Waals surface area contributed by atoms with Gasteiger partial charge in [0.15, 0.2) is 11.2 Å². The maximum Gasteiger partial charge on any atom is 0.407 e. The third-order valence-corrected chi connectivity index (χ3v) is 8.36. The summed E-state index contributed by atoms with van der Waals surface area (Å²) in [6.45, 7) is 8.53. The van der Waals surface area contributed by atoms with E-state index in [9.17, 15) is 19.6 Å². The van der Waals surface area contributed by atoms with Crippen LogP contribution in [0.5, 0.6) is 0 Å². The molecule has 0 aliphatic carbocycles. The zero-order valence-corrected chi connectivity index (χ0v) is 27.3. The van der Waals surface area contributed by atoms with E-state index in [1.165, 1.54) is 9.13 Å². The number of anilines is 1. The van der Waals surface area contributed by atoms with Crippen LogP contribution in [0.15, 0.2) is 64.2 Å². The lowest BCUT2D eigenvalue weighted by Gasteiger charge is -2.34. The first-order valence-corrected chi connectivity index (χ1v) is 15.7. The third-order valence-electron chi connectivity index (χ3n) is 8.36. The molecule has 3 aromatic heterocycles. The van der Waals surface area contributed by atoms with E-state index in [0.29, 0.717) is 35.9 Å². The van der Waals surface area contributed by atoms with Crippen LogP contribution >= 0.6 is 0 Å². The molecule has 242 valence electrons. The van der Waals surface area contributed by atoms with Crippen LogP contribution in [0.2, 0.25) is 0 Å². The highest BCUT2D eigenvalue weighted by Gasteiger charge is 2.29. The van der Waals surface area contributed by atoms with E-state index in [2.05, 4.69) is 11.4 Å². The van der Waals surface area contributed by atoms with Gasteiger partial charge >= 0.3 is 11.8 Å². The number of nitrogens with one attached hydrogen (secondary N) is 1. The number of nitrogens with zero attached hydrogens (tertiary/aromatic N) is 7. The van der Waals surface area contributed by atoms with Crippen LogP contribution in [0.3, 0.4) is 0 Å². The minimum atomic E-state index is -0.633. The summed E-state index contributed by atoms with van der Waals surface area (Å²) in [6.07, 6.45) is 1.01. The monoisotopic (exact) mass is 634 g/mol. The summed E-state index contributed by atoms with van der Waals surface area (Å²) in [6, 6.07) is 19.0. The summed E-state index contributed by atoms with van der Waals surface area (Å²) < 4.78 is 9.88. The lowest BCUT2D eigenvalue weighted by atomic mass is 10.1. The standard InChI is InChI=1S/C35H38N8O4/c1-22-17-23-11-8-9-15-27(23)28(37-22)21-43-31(44)29-30(40(5)34(43)46)39-32(42(29)19-25-13-7-6-12-24(25)18-36)41-16-10-14-26(20-41)38-33(45)47-35(2,3)4/h6-9,11-13,15,17,26H,10,14,16,19-21H2,1-5H3,(H,38,45). The molecule has 12 heteroatoms. The molecule has 1 amide bonds. The second-order valence-corrected chi connectivity index (χ2v) is 13.0. The average molecular weight is 635 g/mol. The molecule has 2 aromatic carbocycles. The van der Waals surface area contributed by atoms with Crippen LogP contribution in [-0.4, -0.2) is 54.5 Å². The van der Waals surface area contributed by atoms with Crippen molar-refractivity contribution >= 4 is 34.0 Å². The number of rotatable bonds is 6. The second-order valence-electron chi connectivity index (χ2n) is 13.0. The molecule has 0 radical (unpaired) electrons. The summed E-state index contributed by atoms with van der Waals surface area (Å²) in [7, 11) is 1.61. The van der Waals surface area contributed by atoms with Crippen LogP contribution in [0, 0.1) is 18.3 Å². The number of hydrogen-bond donors (Lipinski definition) is 1. The molecule has 1 unspecified atom stereocenters. The van der Waals surface area contributed by atoms with Gasteiger partial charge in [-0.1, -0.05) is 42.5 Å². The van der Waals surface area contributed by atoms with Crippen LogP contribution in [-0.2, 0) is 24.9 Å². The van der Waals surface area contributed by atoms with Crippen LogP contribution < -0.4 is 21.5 Å². The van der Waals surface area contributed by atoms with Gasteiger partial charge < -0.3 is 15.0 Å². The number of imidazole rings is 1. The molecule has 0 spiro atoms. The van der Waals surface area contributed by atoms with Gasteiger partial charge in [0.25, 0.3) is 5.56 Å². The molecule has 1 saturated heterocycles. The SMILES string of the molecule is Cc1cc2ccccc2c(Cn2c(=O)c3c(nc(N4CCCC(NC(=O)OC(C)(C)C)C4)n3Cc3ccccc3C#N)n(C)c2=O)n1. The molecule has 1 aliphatic heterocycles. The summed E-state index contributed by atoms with van der Waals surface area (Å²) in [4.78, 5) is 52.5. The van der Waals surface area contributed by atoms with Crippen molar-refractivity contribution in [1.29, 1.82) is 5.26 Å². The number of carbonyl (C=O) groups excluding carboxylic acids is 1. The van der Waals surface area contributed by atoms with E-state index < -0.39 is 22.9 Å². The number of hydrogen-bond acceptors (Lipinski definition) is 8. The van der Waals surface area contributed by atoms with E-state index in [1.54, 1.807) is 23.7 Å². The van der Waals surface area contributed by atoms with Gasteiger partial charge in [-0.05, 0) is 63.6 Å². The molecule has 12 nitrogen and oxygen atoms in total. The van der Waals surface area contributed by atoms with Gasteiger partial charge in [-0.25, -0.2) is 9.59 Å². The Balaban J connectivity index is 1.49. The molecule has 1 fully saturated rings. The van der Waals surface area contributed by atoms with Gasteiger partial charge in [-0.2, -0.15) is 10.2 Å². The Morgan fingerprint density at radius 3 is 2.57 bits per heavy atom. The van der Waals surface area contributed by atoms with Gasteiger partial charge in [0.1, 0.15) is 5.60 Å². The van der Waals surface area contributed by atoms with Gasteiger partial charge in [-0.3, -0.25) is 23.5 Å². The van der Waals surface area contributed by atoms with Crippen molar-refractivity contribution in [2.45, 2.75) is 65.3 Å². The number of fused-ring (bicyclic) bond motifs is 2. The number of ether oxygens (including phenoxy) is 1. The van der Waals surface area contributed by atoms with Crippen molar-refractivity contribution in [3.05, 3.63) is 98.0 Å². The van der Waals surface area contributed by atoms with Gasteiger partial charge in [0, 0.05) is 37.3 Å². The molecule has 0 bridgehead atoms. The van der Waals surface area contributed by atoms with E-state index >= 15 is 0 Å². The first-order valence-electron chi connectivity index (χ1n) is 15.7. The van der Waals surface area contributed by atoms with E-state index in [1.807, 2.05) is 75.1 Å². The zero-order valence-electron chi connectivity index (χ0n) is 27.3. The Labute approximate surface area is 271 Å². The number of aryl methyl sites for hydroxylation is 2. The summed E-state index contributed by atoms with van der Waals surface area (Å²) in [5.41, 5.74) is 1.43. The second kappa shape index (κ2) is 12.4. The minimum absolute atomic E-state index is 0.0233. The highest BCUT2D eigenvalue weighted by Crippen LogP contribution is 2.26. The van der Waals surface area contributed by atoms with E-state index in [-0.39, 0.29) is 30.3 Å². The highest BCUT2D eigenvalue weighted by molar-refractivity contribution is 5.85. The van der Waals surface area contributed by atoms with Crippen molar-refractivity contribution in [3.63, 3.8) is 0 Å². The fourth-order valence-electron chi connectivity index (χ4n) is 6.27. The summed E-state index contributed by atoms with van der Waals surface area (Å²) in [5, 5.41) is 14.7. The highest BCUT2D eigenvalue weighted by atomic mass is 16.6. The van der Waals surface area contributed by atoms with Crippen molar-refractivity contribution in [2.24, 2.45) is 7.05 Å². The first kappa shape index (κ1) is 31.5. The fourth-order valence-corrected chi connectivity index (χ4v) is 6.27. The number of aromatic nitrogens is 5. The molecule has 1 N–H and O–H groups in total. The Kier molecular flexibility index (Phi) is 8.32. The lowest BCUT2D eigenvalue weighted by molar-refractivity contribution is 0.0499. The third kappa shape index (κ3) is 6.34. The average Bonchev–Trinajstić information content (AvgIpc) is 3.40. The molecular formula is C35H38N8O4. The van der Waals surface area contributed by atoms with Crippen LogP contribution in [0.25, 0.3) is 21.9 Å². The zero-order chi connectivity index (χ0) is 33.5. The van der Waals surface area contributed by atoms with Crippen molar-refractivity contribution in [2.75, 3.05) is 18.0 Å². The molecule has 5 aromatic rings. The fraction of sp³-hybridized carbons (Fsp3) is 0.371. The largest absolute Gasteiger partial charge is 0.444 e. The Morgan fingerprint density at radius 2 is 1.81 bits per heavy atom. The van der Waals surface area contributed by atoms with Crippen LogP contribution in [0.4, 0.5) is 10.7 Å². The Bertz CT molecular complexity index is 2170. The molecule has 6 rings (SSSR count). The summed E-state index contributed by atoms with van der Waals surface area (Å²) >= 11 is 0. The van der Waals surface area contributed by atoms with Crippen molar-refractivity contribution < 1.29 is 9.53 Å². The Hall–Kier alpha value is -5.44. The maximum atomic E-state index is 14.4. The van der Waals surface area contributed by atoms with E-state index in [4.69, 9.17) is 14.7 Å².